The molecule has 104 valence electrons. The van der Waals surface area contributed by atoms with Crippen LogP contribution in [0.15, 0.2) is 53.9 Å². The Balaban J connectivity index is 1.90. The van der Waals surface area contributed by atoms with Gasteiger partial charge in [0, 0.05) is 34.3 Å². The fraction of sp³-hybridized carbons (Fsp3) is 0. The van der Waals surface area contributed by atoms with Gasteiger partial charge in [-0.05, 0) is 24.3 Å². The van der Waals surface area contributed by atoms with Crippen molar-refractivity contribution in [2.75, 3.05) is 5.73 Å². The van der Waals surface area contributed by atoms with E-state index in [1.807, 2.05) is 29.6 Å². The van der Waals surface area contributed by atoms with Gasteiger partial charge in [-0.25, -0.2) is 4.98 Å². The number of non-ortho nitro benzene ring substituents is 1. The molecule has 2 aromatic carbocycles. The highest BCUT2D eigenvalue weighted by molar-refractivity contribution is 7.13. The first-order chi connectivity index (χ1) is 10.1. The molecule has 0 aliphatic rings. The Morgan fingerprint density at radius 2 is 1.62 bits per heavy atom. The lowest BCUT2D eigenvalue weighted by atomic mass is 10.1. The molecule has 0 amide bonds. The van der Waals surface area contributed by atoms with Gasteiger partial charge in [-0.15, -0.1) is 11.3 Å². The van der Waals surface area contributed by atoms with E-state index in [0.29, 0.717) is 5.69 Å². The predicted molar refractivity (Wildman–Crippen MR) is 84.1 cm³/mol. The van der Waals surface area contributed by atoms with Crippen molar-refractivity contribution in [2.24, 2.45) is 0 Å². The zero-order valence-electron chi connectivity index (χ0n) is 10.9. The van der Waals surface area contributed by atoms with Crippen LogP contribution in [0.4, 0.5) is 11.4 Å². The van der Waals surface area contributed by atoms with Gasteiger partial charge in [0.05, 0.1) is 10.6 Å². The van der Waals surface area contributed by atoms with Crippen molar-refractivity contribution < 1.29 is 4.92 Å². The Hall–Kier alpha value is -2.73. The van der Waals surface area contributed by atoms with Gasteiger partial charge in [0.1, 0.15) is 5.01 Å². The Bertz CT molecular complexity index is 779. The third-order valence-corrected chi connectivity index (χ3v) is 3.93. The summed E-state index contributed by atoms with van der Waals surface area (Å²) < 4.78 is 0. The van der Waals surface area contributed by atoms with Crippen molar-refractivity contribution in [3.63, 3.8) is 0 Å². The Morgan fingerprint density at radius 3 is 2.24 bits per heavy atom. The topological polar surface area (TPSA) is 82.0 Å². The molecule has 1 heterocycles. The van der Waals surface area contributed by atoms with Crippen molar-refractivity contribution in [1.82, 2.24) is 4.98 Å². The second-order valence-corrected chi connectivity index (χ2v) is 5.32. The van der Waals surface area contributed by atoms with E-state index in [1.54, 1.807) is 12.1 Å². The molecule has 0 unspecified atom stereocenters. The molecule has 0 aliphatic heterocycles. The molecule has 2 N–H and O–H groups in total. The number of hydrogen-bond acceptors (Lipinski definition) is 5. The average molecular weight is 297 g/mol. The SMILES string of the molecule is Nc1ccc(-c2csc(-c3ccc([N+](=O)[O-])cc3)n2)cc1. The number of nitrogens with zero attached hydrogens (tertiary/aromatic N) is 2. The highest BCUT2D eigenvalue weighted by Crippen LogP contribution is 2.30. The average Bonchev–Trinajstić information content (AvgIpc) is 2.98. The van der Waals surface area contributed by atoms with Gasteiger partial charge < -0.3 is 5.73 Å². The van der Waals surface area contributed by atoms with Gasteiger partial charge in [-0.1, -0.05) is 12.1 Å². The van der Waals surface area contributed by atoms with Crippen LogP contribution in [-0.4, -0.2) is 9.91 Å². The number of aromatic nitrogens is 1. The normalized spacial score (nSPS) is 10.5. The minimum Gasteiger partial charge on any atom is -0.399 e. The molecular weight excluding hydrogens is 286 g/mol. The lowest BCUT2D eigenvalue weighted by Gasteiger charge is -1.98. The molecule has 1 aromatic heterocycles. The third-order valence-electron chi connectivity index (χ3n) is 3.04. The maximum Gasteiger partial charge on any atom is 0.269 e. The van der Waals surface area contributed by atoms with Gasteiger partial charge in [-0.3, -0.25) is 10.1 Å². The summed E-state index contributed by atoms with van der Waals surface area (Å²) in [5.74, 6) is 0. The van der Waals surface area contributed by atoms with Gasteiger partial charge in [-0.2, -0.15) is 0 Å². The van der Waals surface area contributed by atoms with Crippen LogP contribution in [0.25, 0.3) is 21.8 Å². The number of nitrogens with two attached hydrogens (primary N) is 1. The van der Waals surface area contributed by atoms with Crippen LogP contribution in [0.1, 0.15) is 0 Å². The van der Waals surface area contributed by atoms with Crippen molar-refractivity contribution in [3.8, 4) is 21.8 Å². The summed E-state index contributed by atoms with van der Waals surface area (Å²) in [4.78, 5) is 14.8. The van der Waals surface area contributed by atoms with E-state index in [9.17, 15) is 10.1 Å². The predicted octanol–water partition coefficient (Wildman–Crippen LogP) is 3.97. The van der Waals surface area contributed by atoms with E-state index in [0.717, 1.165) is 21.8 Å². The largest absolute Gasteiger partial charge is 0.399 e. The highest BCUT2D eigenvalue weighted by Gasteiger charge is 2.09. The van der Waals surface area contributed by atoms with Gasteiger partial charge >= 0.3 is 0 Å². The van der Waals surface area contributed by atoms with Crippen molar-refractivity contribution in [3.05, 3.63) is 64.0 Å². The van der Waals surface area contributed by atoms with Gasteiger partial charge in [0.25, 0.3) is 5.69 Å². The summed E-state index contributed by atoms with van der Waals surface area (Å²) in [5, 5.41) is 13.4. The summed E-state index contributed by atoms with van der Waals surface area (Å²) in [5.41, 5.74) is 9.19. The molecule has 6 heteroatoms. The molecule has 0 fully saturated rings. The lowest BCUT2D eigenvalue weighted by molar-refractivity contribution is -0.384. The van der Waals surface area contributed by atoms with Crippen molar-refractivity contribution in [1.29, 1.82) is 0 Å². The van der Waals surface area contributed by atoms with E-state index >= 15 is 0 Å². The fourth-order valence-corrected chi connectivity index (χ4v) is 2.75. The first-order valence-electron chi connectivity index (χ1n) is 6.20. The number of nitro benzene ring substituents is 1. The first-order valence-corrected chi connectivity index (χ1v) is 7.08. The fourth-order valence-electron chi connectivity index (χ4n) is 1.92. The lowest BCUT2D eigenvalue weighted by Crippen LogP contribution is -1.87. The monoisotopic (exact) mass is 297 g/mol. The van der Waals surface area contributed by atoms with E-state index < -0.39 is 4.92 Å². The van der Waals surface area contributed by atoms with Gasteiger partial charge in [0.2, 0.25) is 0 Å². The maximum absolute atomic E-state index is 10.6. The number of thiazole rings is 1. The van der Waals surface area contributed by atoms with Crippen LogP contribution in [0, 0.1) is 10.1 Å². The molecule has 0 saturated heterocycles. The molecule has 3 aromatic rings. The molecule has 0 saturated carbocycles. The zero-order valence-corrected chi connectivity index (χ0v) is 11.7. The molecule has 3 rings (SSSR count). The number of benzene rings is 2. The van der Waals surface area contributed by atoms with Crippen LogP contribution >= 0.6 is 11.3 Å². The molecule has 0 bridgehead atoms. The smallest absolute Gasteiger partial charge is 0.269 e. The van der Waals surface area contributed by atoms with E-state index in [2.05, 4.69) is 4.98 Å². The number of nitrogen functional groups attached to an aromatic ring is 1. The number of anilines is 1. The standard InChI is InChI=1S/C15H11N3O2S/c16-12-5-1-10(2-6-12)14-9-21-15(17-14)11-3-7-13(8-4-11)18(19)20/h1-9H,16H2. The van der Waals surface area contributed by atoms with Crippen LogP contribution in [-0.2, 0) is 0 Å². The minimum atomic E-state index is -0.411. The Morgan fingerprint density at radius 1 is 1.00 bits per heavy atom. The zero-order chi connectivity index (χ0) is 14.8. The van der Waals surface area contributed by atoms with Crippen LogP contribution < -0.4 is 5.73 Å². The van der Waals surface area contributed by atoms with Crippen LogP contribution in [0.5, 0.6) is 0 Å². The third kappa shape index (κ3) is 2.75. The molecular formula is C15H11N3O2S. The molecule has 0 atom stereocenters. The van der Waals surface area contributed by atoms with Crippen molar-refractivity contribution in [2.45, 2.75) is 0 Å². The molecule has 0 radical (unpaired) electrons. The second-order valence-electron chi connectivity index (χ2n) is 4.46. The Kier molecular flexibility index (Phi) is 3.37. The van der Waals surface area contributed by atoms with E-state index in [4.69, 9.17) is 5.73 Å². The summed E-state index contributed by atoms with van der Waals surface area (Å²) in [6.45, 7) is 0. The first kappa shape index (κ1) is 13.3. The number of rotatable bonds is 3. The summed E-state index contributed by atoms with van der Waals surface area (Å²) >= 11 is 1.50. The summed E-state index contributed by atoms with van der Waals surface area (Å²) in [6, 6.07) is 13.9. The highest BCUT2D eigenvalue weighted by atomic mass is 32.1. The van der Waals surface area contributed by atoms with Gasteiger partial charge in [0.15, 0.2) is 0 Å². The number of hydrogen-bond donors (Lipinski definition) is 1. The van der Waals surface area contributed by atoms with Crippen LogP contribution in [0.3, 0.4) is 0 Å². The van der Waals surface area contributed by atoms with Crippen LogP contribution in [0.2, 0.25) is 0 Å². The summed E-state index contributed by atoms with van der Waals surface area (Å²) in [7, 11) is 0. The maximum atomic E-state index is 10.6. The second kappa shape index (κ2) is 5.34. The van der Waals surface area contributed by atoms with E-state index in [1.165, 1.54) is 23.5 Å². The molecule has 0 spiro atoms. The Labute approximate surface area is 124 Å². The molecule has 0 aliphatic carbocycles. The molecule has 5 nitrogen and oxygen atoms in total. The van der Waals surface area contributed by atoms with E-state index in [-0.39, 0.29) is 5.69 Å². The van der Waals surface area contributed by atoms with Crippen molar-refractivity contribution >= 4 is 22.7 Å². The summed E-state index contributed by atoms with van der Waals surface area (Å²) in [6.07, 6.45) is 0. The molecule has 21 heavy (non-hydrogen) atoms. The minimum absolute atomic E-state index is 0.0778. The quantitative estimate of drug-likeness (QED) is 0.450. The number of nitro groups is 1.